The first-order chi connectivity index (χ1) is 7.69. The average molecular weight is 304 g/mol. The standard InChI is InChI=1S/C11H25N3O2.2ClH/c1-4-13(5-2)6-7-14(8-9-16-3)11(15)10-12;;/h4-10,12H2,1-3H3;2*1H. The Morgan fingerprint density at radius 3 is 2.06 bits per heavy atom. The van der Waals surface area contributed by atoms with E-state index in [1.165, 1.54) is 0 Å². The first kappa shape index (κ1) is 23.1. The van der Waals surface area contributed by atoms with Gasteiger partial charge < -0.3 is 20.3 Å². The van der Waals surface area contributed by atoms with Crippen molar-refractivity contribution in [2.24, 2.45) is 5.73 Å². The van der Waals surface area contributed by atoms with Gasteiger partial charge in [0.2, 0.25) is 5.91 Å². The van der Waals surface area contributed by atoms with Crippen LogP contribution in [0.2, 0.25) is 0 Å². The van der Waals surface area contributed by atoms with Crippen LogP contribution in [0.15, 0.2) is 0 Å². The number of halogens is 2. The maximum atomic E-state index is 11.5. The quantitative estimate of drug-likeness (QED) is 0.678. The molecular weight excluding hydrogens is 277 g/mol. The van der Waals surface area contributed by atoms with Crippen LogP contribution in [-0.2, 0) is 9.53 Å². The Bertz CT molecular complexity index is 193. The lowest BCUT2D eigenvalue weighted by Crippen LogP contribution is -2.43. The van der Waals surface area contributed by atoms with Crippen LogP contribution in [0.25, 0.3) is 0 Å². The van der Waals surface area contributed by atoms with Gasteiger partial charge in [0.15, 0.2) is 0 Å². The zero-order valence-corrected chi connectivity index (χ0v) is 13.2. The molecule has 0 atom stereocenters. The van der Waals surface area contributed by atoms with Crippen molar-refractivity contribution in [2.75, 3.05) is 53.0 Å². The lowest BCUT2D eigenvalue weighted by Gasteiger charge is -2.25. The largest absolute Gasteiger partial charge is 0.383 e. The van der Waals surface area contributed by atoms with Crippen molar-refractivity contribution < 1.29 is 9.53 Å². The highest BCUT2D eigenvalue weighted by atomic mass is 35.5. The lowest BCUT2D eigenvalue weighted by molar-refractivity contribution is -0.130. The second-order valence-electron chi connectivity index (χ2n) is 3.60. The van der Waals surface area contributed by atoms with E-state index in [-0.39, 0.29) is 37.3 Å². The molecule has 0 aromatic rings. The minimum Gasteiger partial charge on any atom is -0.383 e. The van der Waals surface area contributed by atoms with E-state index in [1.54, 1.807) is 12.0 Å². The monoisotopic (exact) mass is 303 g/mol. The van der Waals surface area contributed by atoms with Gasteiger partial charge in [-0.25, -0.2) is 0 Å². The van der Waals surface area contributed by atoms with E-state index >= 15 is 0 Å². The Labute approximate surface area is 123 Å². The molecule has 0 radical (unpaired) electrons. The SMILES string of the molecule is CCN(CC)CCN(CCOC)C(=O)CN.Cl.Cl. The van der Waals surface area contributed by atoms with Crippen LogP contribution in [0.4, 0.5) is 0 Å². The number of amides is 1. The Balaban J connectivity index is -0.00000112. The predicted molar refractivity (Wildman–Crippen MR) is 79.8 cm³/mol. The molecular formula is C11H27Cl2N3O2. The molecule has 0 aliphatic rings. The fourth-order valence-corrected chi connectivity index (χ4v) is 1.49. The third-order valence-corrected chi connectivity index (χ3v) is 2.67. The number of ether oxygens (including phenoxy) is 1. The second kappa shape index (κ2) is 15.0. The highest BCUT2D eigenvalue weighted by Crippen LogP contribution is 1.93. The van der Waals surface area contributed by atoms with Crippen LogP contribution in [0.1, 0.15) is 13.8 Å². The second-order valence-corrected chi connectivity index (χ2v) is 3.60. The molecule has 18 heavy (non-hydrogen) atoms. The van der Waals surface area contributed by atoms with Gasteiger partial charge in [-0.15, -0.1) is 24.8 Å². The number of rotatable bonds is 9. The molecule has 1 amide bonds. The van der Waals surface area contributed by atoms with E-state index in [9.17, 15) is 4.79 Å². The third kappa shape index (κ3) is 9.91. The zero-order chi connectivity index (χ0) is 12.4. The van der Waals surface area contributed by atoms with Crippen molar-refractivity contribution in [3.8, 4) is 0 Å². The third-order valence-electron chi connectivity index (χ3n) is 2.67. The minimum atomic E-state index is -0.00999. The molecule has 0 saturated carbocycles. The van der Waals surface area contributed by atoms with E-state index in [0.717, 1.165) is 26.2 Å². The molecule has 0 aliphatic heterocycles. The van der Waals surface area contributed by atoms with Gasteiger partial charge in [0, 0.05) is 26.7 Å². The molecule has 112 valence electrons. The van der Waals surface area contributed by atoms with Crippen LogP contribution in [0, 0.1) is 0 Å². The van der Waals surface area contributed by atoms with Crippen molar-refractivity contribution in [3.05, 3.63) is 0 Å². The summed E-state index contributed by atoms with van der Waals surface area (Å²) in [4.78, 5) is 15.6. The van der Waals surface area contributed by atoms with Crippen molar-refractivity contribution in [1.29, 1.82) is 0 Å². The highest BCUT2D eigenvalue weighted by Gasteiger charge is 2.12. The summed E-state index contributed by atoms with van der Waals surface area (Å²) in [5.74, 6) is -0.00999. The number of methoxy groups -OCH3 is 1. The topological polar surface area (TPSA) is 58.8 Å². The van der Waals surface area contributed by atoms with Gasteiger partial charge in [0.1, 0.15) is 0 Å². The molecule has 0 bridgehead atoms. The number of likely N-dealkylation sites (N-methyl/N-ethyl adjacent to an activating group) is 1. The molecule has 0 heterocycles. The Morgan fingerprint density at radius 2 is 1.67 bits per heavy atom. The summed E-state index contributed by atoms with van der Waals surface area (Å²) in [6.07, 6.45) is 0. The molecule has 0 spiro atoms. The van der Waals surface area contributed by atoms with E-state index in [0.29, 0.717) is 13.2 Å². The molecule has 0 unspecified atom stereocenters. The Morgan fingerprint density at radius 1 is 1.11 bits per heavy atom. The maximum Gasteiger partial charge on any atom is 0.236 e. The Kier molecular flexibility index (Phi) is 19.2. The van der Waals surface area contributed by atoms with Crippen molar-refractivity contribution in [1.82, 2.24) is 9.80 Å². The van der Waals surface area contributed by atoms with Crippen LogP contribution in [0.5, 0.6) is 0 Å². The molecule has 5 nitrogen and oxygen atoms in total. The average Bonchev–Trinajstić information content (AvgIpc) is 2.33. The van der Waals surface area contributed by atoms with Crippen LogP contribution < -0.4 is 5.73 Å². The number of nitrogens with zero attached hydrogens (tertiary/aromatic N) is 2. The first-order valence-corrected chi connectivity index (χ1v) is 5.88. The summed E-state index contributed by atoms with van der Waals surface area (Å²) in [5, 5.41) is 0. The molecule has 2 N–H and O–H groups in total. The van der Waals surface area contributed by atoms with E-state index < -0.39 is 0 Å². The van der Waals surface area contributed by atoms with E-state index in [2.05, 4.69) is 18.7 Å². The number of carbonyl (C=O) groups excluding carboxylic acids is 1. The summed E-state index contributed by atoms with van der Waals surface area (Å²) < 4.78 is 4.98. The minimum absolute atomic E-state index is 0. The van der Waals surface area contributed by atoms with Gasteiger partial charge in [-0.3, -0.25) is 4.79 Å². The molecule has 0 aromatic carbocycles. The summed E-state index contributed by atoms with van der Waals surface area (Å²) in [6.45, 7) is 9.11. The first-order valence-electron chi connectivity index (χ1n) is 5.88. The van der Waals surface area contributed by atoms with Gasteiger partial charge in [-0.1, -0.05) is 13.8 Å². The van der Waals surface area contributed by atoms with Gasteiger partial charge >= 0.3 is 0 Å². The number of carbonyl (C=O) groups is 1. The maximum absolute atomic E-state index is 11.5. The number of hydrogen-bond donors (Lipinski definition) is 1. The van der Waals surface area contributed by atoms with Crippen LogP contribution in [-0.4, -0.2) is 68.7 Å². The van der Waals surface area contributed by atoms with Gasteiger partial charge in [0.25, 0.3) is 0 Å². The summed E-state index contributed by atoms with van der Waals surface area (Å²) >= 11 is 0. The van der Waals surface area contributed by atoms with Gasteiger partial charge in [-0.2, -0.15) is 0 Å². The van der Waals surface area contributed by atoms with Gasteiger partial charge in [-0.05, 0) is 13.1 Å². The van der Waals surface area contributed by atoms with E-state index in [1.807, 2.05) is 0 Å². The molecule has 0 aromatic heterocycles. The number of nitrogens with two attached hydrogens (primary N) is 1. The predicted octanol–water partition coefficient (Wildman–Crippen LogP) is 0.605. The smallest absolute Gasteiger partial charge is 0.236 e. The van der Waals surface area contributed by atoms with Gasteiger partial charge in [0.05, 0.1) is 13.2 Å². The normalized spacial score (nSPS) is 9.61. The molecule has 0 fully saturated rings. The molecule has 0 aliphatic carbocycles. The summed E-state index contributed by atoms with van der Waals surface area (Å²) in [7, 11) is 1.63. The summed E-state index contributed by atoms with van der Waals surface area (Å²) in [5.41, 5.74) is 5.37. The fourth-order valence-electron chi connectivity index (χ4n) is 1.49. The van der Waals surface area contributed by atoms with Crippen LogP contribution in [0.3, 0.4) is 0 Å². The van der Waals surface area contributed by atoms with Crippen LogP contribution >= 0.6 is 24.8 Å². The highest BCUT2D eigenvalue weighted by molar-refractivity contribution is 5.85. The van der Waals surface area contributed by atoms with Crippen molar-refractivity contribution in [3.63, 3.8) is 0 Å². The fraction of sp³-hybridized carbons (Fsp3) is 0.909. The number of hydrogen-bond acceptors (Lipinski definition) is 4. The molecule has 0 rings (SSSR count). The molecule has 0 saturated heterocycles. The van der Waals surface area contributed by atoms with E-state index in [4.69, 9.17) is 10.5 Å². The zero-order valence-electron chi connectivity index (χ0n) is 11.6. The van der Waals surface area contributed by atoms with Crippen molar-refractivity contribution in [2.45, 2.75) is 13.8 Å². The Hall–Kier alpha value is -0.0700. The van der Waals surface area contributed by atoms with Crippen molar-refractivity contribution >= 4 is 30.7 Å². The summed E-state index contributed by atoms with van der Waals surface area (Å²) in [6, 6.07) is 0. The lowest BCUT2D eigenvalue weighted by atomic mass is 10.4. The molecule has 7 heteroatoms.